The van der Waals surface area contributed by atoms with Crippen molar-refractivity contribution in [1.82, 2.24) is 0 Å². The highest BCUT2D eigenvalue weighted by atomic mass is 16.6. The number of carboxylic acids is 1. The van der Waals surface area contributed by atoms with E-state index in [0.29, 0.717) is 19.6 Å². The zero-order chi connectivity index (χ0) is 12.3. The quantitative estimate of drug-likeness (QED) is 0.702. The first-order valence-corrected chi connectivity index (χ1v) is 5.81. The molecule has 2 rings (SSSR count). The van der Waals surface area contributed by atoms with Gasteiger partial charge in [-0.2, -0.15) is 0 Å². The Morgan fingerprint density at radius 1 is 1.29 bits per heavy atom. The summed E-state index contributed by atoms with van der Waals surface area (Å²) in [6, 6.07) is 0. The fraction of sp³-hybridized carbons (Fsp3) is 0.818. The molecule has 0 aliphatic carbocycles. The average molecular weight is 244 g/mol. The minimum absolute atomic E-state index is 0.0151. The lowest BCUT2D eigenvalue weighted by molar-refractivity contribution is -0.153. The molecule has 6 heteroatoms. The number of esters is 1. The summed E-state index contributed by atoms with van der Waals surface area (Å²) in [6.45, 7) is 1.02. The molecule has 0 aromatic rings. The van der Waals surface area contributed by atoms with E-state index < -0.39 is 5.97 Å². The molecule has 0 aromatic carbocycles. The number of carboxylic acid groups (broad SMARTS) is 1. The van der Waals surface area contributed by atoms with Gasteiger partial charge in [0.25, 0.3) is 0 Å². The number of hydrogen-bond acceptors (Lipinski definition) is 5. The van der Waals surface area contributed by atoms with E-state index in [-0.39, 0.29) is 37.1 Å². The molecule has 2 fully saturated rings. The van der Waals surface area contributed by atoms with Gasteiger partial charge in [-0.05, 0) is 12.8 Å². The summed E-state index contributed by atoms with van der Waals surface area (Å²) in [4.78, 5) is 21.7. The van der Waals surface area contributed by atoms with E-state index in [1.165, 1.54) is 0 Å². The van der Waals surface area contributed by atoms with E-state index >= 15 is 0 Å². The van der Waals surface area contributed by atoms with Crippen LogP contribution in [0, 0.1) is 0 Å². The van der Waals surface area contributed by atoms with Crippen LogP contribution in [0.2, 0.25) is 0 Å². The summed E-state index contributed by atoms with van der Waals surface area (Å²) < 4.78 is 16.1. The highest BCUT2D eigenvalue weighted by molar-refractivity contribution is 5.71. The van der Waals surface area contributed by atoms with E-state index in [1.807, 2.05) is 0 Å². The van der Waals surface area contributed by atoms with Crippen LogP contribution in [-0.4, -0.2) is 48.6 Å². The van der Waals surface area contributed by atoms with E-state index in [1.54, 1.807) is 0 Å². The van der Waals surface area contributed by atoms with Crippen molar-refractivity contribution in [3.05, 3.63) is 0 Å². The normalized spacial score (nSPS) is 31.2. The van der Waals surface area contributed by atoms with Gasteiger partial charge in [0.1, 0.15) is 6.10 Å². The Bertz CT molecular complexity index is 302. The number of hydrogen-bond donors (Lipinski definition) is 1. The van der Waals surface area contributed by atoms with Crippen molar-refractivity contribution in [3.63, 3.8) is 0 Å². The fourth-order valence-electron chi connectivity index (χ4n) is 2.14. The Morgan fingerprint density at radius 2 is 2.12 bits per heavy atom. The van der Waals surface area contributed by atoms with Crippen molar-refractivity contribution in [2.24, 2.45) is 0 Å². The van der Waals surface area contributed by atoms with Crippen molar-refractivity contribution < 1.29 is 28.9 Å². The number of carbonyl (C=O) groups is 2. The van der Waals surface area contributed by atoms with Crippen LogP contribution in [0.4, 0.5) is 0 Å². The van der Waals surface area contributed by atoms with Crippen LogP contribution in [0.1, 0.15) is 25.7 Å². The zero-order valence-electron chi connectivity index (χ0n) is 9.46. The molecule has 0 saturated carbocycles. The van der Waals surface area contributed by atoms with E-state index in [9.17, 15) is 9.59 Å². The van der Waals surface area contributed by atoms with Crippen LogP contribution in [-0.2, 0) is 23.8 Å². The lowest BCUT2D eigenvalue weighted by atomic mass is 10.1. The molecule has 0 amide bonds. The van der Waals surface area contributed by atoms with Gasteiger partial charge in [0.05, 0.1) is 12.7 Å². The summed E-state index contributed by atoms with van der Waals surface area (Å²) in [5.74, 6) is -1.28. The molecule has 2 aliphatic rings. The van der Waals surface area contributed by atoms with Gasteiger partial charge in [0.2, 0.25) is 0 Å². The molecule has 2 aliphatic heterocycles. The van der Waals surface area contributed by atoms with Crippen LogP contribution >= 0.6 is 0 Å². The molecule has 0 radical (unpaired) electrons. The van der Waals surface area contributed by atoms with Crippen molar-refractivity contribution in [1.29, 1.82) is 0 Å². The Hall–Kier alpha value is -1.14. The first-order valence-electron chi connectivity index (χ1n) is 5.81. The lowest BCUT2D eigenvalue weighted by Crippen LogP contribution is -2.32. The molecule has 17 heavy (non-hydrogen) atoms. The molecule has 1 N–H and O–H groups in total. The van der Waals surface area contributed by atoms with E-state index in [2.05, 4.69) is 0 Å². The van der Waals surface area contributed by atoms with Crippen molar-refractivity contribution in [2.45, 2.75) is 44.0 Å². The molecule has 2 saturated heterocycles. The molecule has 0 aromatic heterocycles. The predicted molar refractivity (Wildman–Crippen MR) is 55.5 cm³/mol. The first kappa shape index (κ1) is 12.3. The van der Waals surface area contributed by atoms with Crippen LogP contribution in [0.25, 0.3) is 0 Å². The third-order valence-electron chi connectivity index (χ3n) is 2.97. The largest absolute Gasteiger partial charge is 0.481 e. The monoisotopic (exact) mass is 244 g/mol. The van der Waals surface area contributed by atoms with Crippen LogP contribution < -0.4 is 0 Å². The van der Waals surface area contributed by atoms with Gasteiger partial charge in [-0.25, -0.2) is 0 Å². The maximum atomic E-state index is 11.4. The molecule has 96 valence electrons. The second kappa shape index (κ2) is 5.46. The molecule has 2 heterocycles. The number of fused-ring (bicyclic) bond motifs is 1. The van der Waals surface area contributed by atoms with Gasteiger partial charge in [-0.3, -0.25) is 9.59 Å². The molecular weight excluding hydrogens is 228 g/mol. The van der Waals surface area contributed by atoms with Crippen molar-refractivity contribution in [2.75, 3.05) is 13.2 Å². The van der Waals surface area contributed by atoms with Gasteiger partial charge < -0.3 is 19.3 Å². The van der Waals surface area contributed by atoms with Crippen LogP contribution in [0.5, 0.6) is 0 Å². The average Bonchev–Trinajstić information content (AvgIpc) is 2.82. The van der Waals surface area contributed by atoms with E-state index in [4.69, 9.17) is 19.3 Å². The fourth-order valence-corrected chi connectivity index (χ4v) is 2.14. The third-order valence-corrected chi connectivity index (χ3v) is 2.97. The Labute approximate surface area is 98.8 Å². The minimum Gasteiger partial charge on any atom is -0.481 e. The highest BCUT2D eigenvalue weighted by Gasteiger charge is 2.43. The van der Waals surface area contributed by atoms with Crippen LogP contribution in [0.3, 0.4) is 0 Å². The Kier molecular flexibility index (Phi) is 3.96. The molecule has 3 atom stereocenters. The minimum atomic E-state index is -0.902. The summed E-state index contributed by atoms with van der Waals surface area (Å²) in [5.41, 5.74) is 0. The van der Waals surface area contributed by atoms with Crippen LogP contribution in [0.15, 0.2) is 0 Å². The summed E-state index contributed by atoms with van der Waals surface area (Å²) >= 11 is 0. The van der Waals surface area contributed by atoms with Crippen molar-refractivity contribution in [3.8, 4) is 0 Å². The van der Waals surface area contributed by atoms with Crippen molar-refractivity contribution >= 4 is 11.9 Å². The maximum Gasteiger partial charge on any atom is 0.306 e. The second-order valence-corrected chi connectivity index (χ2v) is 4.27. The molecular formula is C11H16O6. The van der Waals surface area contributed by atoms with Gasteiger partial charge in [0, 0.05) is 19.4 Å². The second-order valence-electron chi connectivity index (χ2n) is 4.27. The number of carbonyl (C=O) groups excluding carboxylic acids is 1. The van der Waals surface area contributed by atoms with Gasteiger partial charge in [0.15, 0.2) is 6.10 Å². The van der Waals surface area contributed by atoms with E-state index in [0.717, 1.165) is 6.42 Å². The first-order chi connectivity index (χ1) is 8.16. The van der Waals surface area contributed by atoms with Gasteiger partial charge in [-0.15, -0.1) is 0 Å². The van der Waals surface area contributed by atoms with Gasteiger partial charge >= 0.3 is 11.9 Å². The summed E-state index contributed by atoms with van der Waals surface area (Å²) in [7, 11) is 0. The third kappa shape index (κ3) is 3.17. The topological polar surface area (TPSA) is 82.1 Å². The standard InChI is InChI=1S/C11H16O6/c12-9(13)2-1-3-10(14)17-8-6-16-7-4-5-15-11(7)8/h7-8,11H,1-6H2,(H,12,13)/t7-,8-,11+/m1/s1. The summed E-state index contributed by atoms with van der Waals surface area (Å²) in [5, 5.41) is 8.44. The summed E-state index contributed by atoms with van der Waals surface area (Å²) in [6.07, 6.45) is 0.832. The lowest BCUT2D eigenvalue weighted by Gasteiger charge is -2.16. The SMILES string of the molecule is O=C(O)CCCC(=O)O[C@@H]1CO[C@@H]2CCO[C@@H]21. The number of rotatable bonds is 5. The predicted octanol–water partition coefficient (Wildman–Crippen LogP) is 0.341. The molecule has 0 unspecified atom stereocenters. The zero-order valence-corrected chi connectivity index (χ0v) is 9.46. The highest BCUT2D eigenvalue weighted by Crippen LogP contribution is 2.28. The Morgan fingerprint density at radius 3 is 2.88 bits per heavy atom. The number of ether oxygens (including phenoxy) is 3. The smallest absolute Gasteiger partial charge is 0.306 e. The Balaban J connectivity index is 1.70. The number of aliphatic carboxylic acids is 1. The molecule has 0 bridgehead atoms. The maximum absolute atomic E-state index is 11.4. The molecule has 6 nitrogen and oxygen atoms in total. The molecule has 0 spiro atoms. The van der Waals surface area contributed by atoms with Gasteiger partial charge in [-0.1, -0.05) is 0 Å².